The van der Waals surface area contributed by atoms with Crippen LogP contribution in [0, 0.1) is 0 Å². The van der Waals surface area contributed by atoms with E-state index in [1.165, 1.54) is 25.7 Å². The molecule has 0 aromatic carbocycles. The fourth-order valence-corrected chi connectivity index (χ4v) is 2.36. The Balaban J connectivity index is 2.50. The van der Waals surface area contributed by atoms with Gasteiger partial charge < -0.3 is 14.7 Å². The smallest absolute Gasteiger partial charge is 0.320 e. The van der Waals surface area contributed by atoms with E-state index in [0.717, 1.165) is 39.1 Å². The molecule has 1 aliphatic rings. The van der Waals surface area contributed by atoms with Crippen LogP contribution < -0.4 is 0 Å². The SMILES string of the molecule is CCCN(CCN(C)C)C(=O)N1CCCCCC1. The van der Waals surface area contributed by atoms with Crippen LogP contribution in [0.4, 0.5) is 4.79 Å². The Kier molecular flexibility index (Phi) is 7.09. The molecule has 0 aromatic heterocycles. The first-order valence-electron chi connectivity index (χ1n) is 7.33. The molecule has 2 amide bonds. The van der Waals surface area contributed by atoms with Crippen molar-refractivity contribution in [2.75, 3.05) is 46.8 Å². The number of nitrogens with zero attached hydrogens (tertiary/aromatic N) is 3. The van der Waals surface area contributed by atoms with E-state index in [1.54, 1.807) is 0 Å². The zero-order valence-corrected chi connectivity index (χ0v) is 12.3. The van der Waals surface area contributed by atoms with Crippen LogP contribution in [-0.4, -0.2) is 67.5 Å². The molecule has 0 spiro atoms. The molecule has 0 aromatic rings. The minimum atomic E-state index is 0.251. The van der Waals surface area contributed by atoms with Crippen LogP contribution in [0.25, 0.3) is 0 Å². The first-order valence-corrected chi connectivity index (χ1v) is 7.33. The second kappa shape index (κ2) is 8.35. The van der Waals surface area contributed by atoms with Crippen molar-refractivity contribution in [3.05, 3.63) is 0 Å². The molecular weight excluding hydrogens is 226 g/mol. The summed E-state index contributed by atoms with van der Waals surface area (Å²) in [7, 11) is 4.11. The highest BCUT2D eigenvalue weighted by Gasteiger charge is 2.20. The number of likely N-dealkylation sites (tertiary alicyclic amines) is 1. The molecule has 0 aliphatic carbocycles. The number of likely N-dealkylation sites (N-methyl/N-ethyl adjacent to an activating group) is 1. The molecule has 0 unspecified atom stereocenters. The largest absolute Gasteiger partial charge is 0.325 e. The third-order valence-corrected chi connectivity index (χ3v) is 3.46. The van der Waals surface area contributed by atoms with Gasteiger partial charge >= 0.3 is 6.03 Å². The molecular formula is C14H29N3O. The number of carbonyl (C=O) groups is 1. The van der Waals surface area contributed by atoms with Crippen LogP contribution >= 0.6 is 0 Å². The summed E-state index contributed by atoms with van der Waals surface area (Å²) in [4.78, 5) is 18.7. The predicted octanol–water partition coefficient (Wildman–Crippen LogP) is 2.26. The van der Waals surface area contributed by atoms with Crippen LogP contribution in [0.3, 0.4) is 0 Å². The van der Waals surface area contributed by atoms with Gasteiger partial charge in [-0.25, -0.2) is 4.79 Å². The van der Waals surface area contributed by atoms with E-state index >= 15 is 0 Å². The molecule has 1 fully saturated rings. The minimum absolute atomic E-state index is 0.251. The summed E-state index contributed by atoms with van der Waals surface area (Å²) in [5, 5.41) is 0. The molecule has 4 nitrogen and oxygen atoms in total. The number of hydrogen-bond donors (Lipinski definition) is 0. The zero-order chi connectivity index (χ0) is 13.4. The lowest BCUT2D eigenvalue weighted by Gasteiger charge is -2.30. The highest BCUT2D eigenvalue weighted by atomic mass is 16.2. The van der Waals surface area contributed by atoms with Crippen molar-refractivity contribution in [3.8, 4) is 0 Å². The van der Waals surface area contributed by atoms with Crippen molar-refractivity contribution in [2.24, 2.45) is 0 Å². The summed E-state index contributed by atoms with van der Waals surface area (Å²) in [6, 6.07) is 0.251. The maximum absolute atomic E-state index is 12.5. The van der Waals surface area contributed by atoms with E-state index in [1.807, 2.05) is 4.90 Å². The van der Waals surface area contributed by atoms with E-state index in [4.69, 9.17) is 0 Å². The molecule has 0 saturated carbocycles. The fraction of sp³-hybridized carbons (Fsp3) is 0.929. The monoisotopic (exact) mass is 255 g/mol. The van der Waals surface area contributed by atoms with Crippen LogP contribution in [0.1, 0.15) is 39.0 Å². The van der Waals surface area contributed by atoms with Crippen LogP contribution in [-0.2, 0) is 0 Å². The third kappa shape index (κ3) is 5.25. The molecule has 1 heterocycles. The van der Waals surface area contributed by atoms with E-state index in [2.05, 4.69) is 30.8 Å². The van der Waals surface area contributed by atoms with Gasteiger partial charge in [-0.15, -0.1) is 0 Å². The van der Waals surface area contributed by atoms with Gasteiger partial charge in [0.2, 0.25) is 0 Å². The fourth-order valence-electron chi connectivity index (χ4n) is 2.36. The zero-order valence-electron chi connectivity index (χ0n) is 12.3. The van der Waals surface area contributed by atoms with Crippen molar-refractivity contribution < 1.29 is 4.79 Å². The second-order valence-electron chi connectivity index (χ2n) is 5.47. The summed E-state index contributed by atoms with van der Waals surface area (Å²) >= 11 is 0. The average Bonchev–Trinajstić information content (AvgIpc) is 2.62. The van der Waals surface area contributed by atoms with Crippen LogP contribution in [0.15, 0.2) is 0 Å². The summed E-state index contributed by atoms with van der Waals surface area (Å²) in [5.41, 5.74) is 0. The number of amides is 2. The Labute approximate surface area is 112 Å². The minimum Gasteiger partial charge on any atom is -0.325 e. The van der Waals surface area contributed by atoms with Crippen molar-refractivity contribution in [1.82, 2.24) is 14.7 Å². The Morgan fingerprint density at radius 2 is 1.61 bits per heavy atom. The molecule has 0 atom stereocenters. The van der Waals surface area contributed by atoms with E-state index in [-0.39, 0.29) is 6.03 Å². The maximum atomic E-state index is 12.5. The molecule has 0 N–H and O–H groups in total. The van der Waals surface area contributed by atoms with E-state index < -0.39 is 0 Å². The van der Waals surface area contributed by atoms with Gasteiger partial charge in [-0.3, -0.25) is 0 Å². The van der Waals surface area contributed by atoms with Gasteiger partial charge in [0.1, 0.15) is 0 Å². The predicted molar refractivity (Wildman–Crippen MR) is 75.9 cm³/mol. The van der Waals surface area contributed by atoms with Crippen LogP contribution in [0.2, 0.25) is 0 Å². The van der Waals surface area contributed by atoms with Crippen molar-refractivity contribution in [1.29, 1.82) is 0 Å². The van der Waals surface area contributed by atoms with Crippen LogP contribution in [0.5, 0.6) is 0 Å². The van der Waals surface area contributed by atoms with Crippen molar-refractivity contribution >= 4 is 6.03 Å². The number of urea groups is 1. The molecule has 0 radical (unpaired) electrons. The van der Waals surface area contributed by atoms with Gasteiger partial charge in [-0.05, 0) is 33.4 Å². The van der Waals surface area contributed by atoms with Crippen molar-refractivity contribution in [2.45, 2.75) is 39.0 Å². The third-order valence-electron chi connectivity index (χ3n) is 3.46. The quantitative estimate of drug-likeness (QED) is 0.753. The van der Waals surface area contributed by atoms with Gasteiger partial charge in [-0.1, -0.05) is 19.8 Å². The van der Waals surface area contributed by atoms with Gasteiger partial charge in [0, 0.05) is 32.7 Å². The summed E-state index contributed by atoms with van der Waals surface area (Å²) in [6.07, 6.45) is 5.91. The lowest BCUT2D eigenvalue weighted by molar-refractivity contribution is 0.150. The van der Waals surface area contributed by atoms with Crippen molar-refractivity contribution in [3.63, 3.8) is 0 Å². The summed E-state index contributed by atoms with van der Waals surface area (Å²) in [5.74, 6) is 0. The van der Waals surface area contributed by atoms with Gasteiger partial charge in [-0.2, -0.15) is 0 Å². The Morgan fingerprint density at radius 1 is 1.00 bits per heavy atom. The maximum Gasteiger partial charge on any atom is 0.320 e. The summed E-state index contributed by atoms with van der Waals surface area (Å²) < 4.78 is 0. The molecule has 106 valence electrons. The Morgan fingerprint density at radius 3 is 2.11 bits per heavy atom. The van der Waals surface area contributed by atoms with E-state index in [9.17, 15) is 4.79 Å². The van der Waals surface area contributed by atoms with Gasteiger partial charge in [0.15, 0.2) is 0 Å². The first kappa shape index (κ1) is 15.3. The normalized spacial score (nSPS) is 16.8. The molecule has 18 heavy (non-hydrogen) atoms. The summed E-state index contributed by atoms with van der Waals surface area (Å²) in [6.45, 7) is 6.69. The Bertz CT molecular complexity index is 235. The van der Waals surface area contributed by atoms with E-state index in [0.29, 0.717) is 0 Å². The van der Waals surface area contributed by atoms with Gasteiger partial charge in [0.25, 0.3) is 0 Å². The van der Waals surface area contributed by atoms with Gasteiger partial charge in [0.05, 0.1) is 0 Å². The highest BCUT2D eigenvalue weighted by molar-refractivity contribution is 5.74. The lowest BCUT2D eigenvalue weighted by Crippen LogP contribution is -2.46. The standard InChI is InChI=1S/C14H29N3O/c1-4-9-16(13-12-15(2)3)14(18)17-10-7-5-6-8-11-17/h4-13H2,1-3H3. The average molecular weight is 255 g/mol. The molecule has 1 saturated heterocycles. The molecule has 0 bridgehead atoms. The molecule has 1 aliphatic heterocycles. The number of hydrogen-bond acceptors (Lipinski definition) is 2. The topological polar surface area (TPSA) is 26.8 Å². The number of carbonyl (C=O) groups excluding carboxylic acids is 1. The molecule has 4 heteroatoms. The first-order chi connectivity index (χ1) is 8.65. The lowest BCUT2D eigenvalue weighted by atomic mass is 10.2. The second-order valence-corrected chi connectivity index (χ2v) is 5.47. The number of rotatable bonds is 5. The Hall–Kier alpha value is -0.770. The molecule has 1 rings (SSSR count). The highest BCUT2D eigenvalue weighted by Crippen LogP contribution is 2.12.